The van der Waals surface area contributed by atoms with Crippen molar-refractivity contribution in [3.8, 4) is 11.8 Å². The molecule has 1 saturated carbocycles. The molecule has 0 bridgehead atoms. The van der Waals surface area contributed by atoms with Crippen molar-refractivity contribution < 1.29 is 14.6 Å². The predicted molar refractivity (Wildman–Crippen MR) is 163 cm³/mol. The van der Waals surface area contributed by atoms with Gasteiger partial charge < -0.3 is 25.0 Å². The fourth-order valence-corrected chi connectivity index (χ4v) is 6.81. The van der Waals surface area contributed by atoms with E-state index in [2.05, 4.69) is 40.2 Å². The number of aliphatic hydroxyl groups excluding tert-OH is 1. The topological polar surface area (TPSA) is 88.8 Å². The lowest BCUT2D eigenvalue weighted by molar-refractivity contribution is 0.0667. The summed E-state index contributed by atoms with van der Waals surface area (Å²) < 4.78 is 6.21. The number of piperidine rings is 2. The third kappa shape index (κ3) is 7.35. The first-order valence-corrected chi connectivity index (χ1v) is 15.6. The van der Waals surface area contributed by atoms with Crippen molar-refractivity contribution in [2.24, 2.45) is 11.8 Å². The van der Waals surface area contributed by atoms with Crippen LogP contribution in [0.25, 0.3) is 0 Å². The summed E-state index contributed by atoms with van der Waals surface area (Å²) in [4.78, 5) is 18.0. The van der Waals surface area contributed by atoms with Gasteiger partial charge in [-0.3, -0.25) is 4.79 Å². The van der Waals surface area contributed by atoms with E-state index in [1.54, 1.807) is 6.07 Å². The molecule has 1 aliphatic carbocycles. The summed E-state index contributed by atoms with van der Waals surface area (Å²) >= 11 is 6.30. The van der Waals surface area contributed by atoms with E-state index in [1.807, 2.05) is 25.1 Å². The van der Waals surface area contributed by atoms with Gasteiger partial charge >= 0.3 is 0 Å². The second kappa shape index (κ2) is 13.5. The second-order valence-corrected chi connectivity index (χ2v) is 12.7. The van der Waals surface area contributed by atoms with Gasteiger partial charge in [0, 0.05) is 55.6 Å². The summed E-state index contributed by atoms with van der Waals surface area (Å²) in [5.41, 5.74) is 3.14. The minimum atomic E-state index is -0.115. The van der Waals surface area contributed by atoms with Crippen LogP contribution < -0.4 is 15.0 Å². The van der Waals surface area contributed by atoms with Crippen molar-refractivity contribution >= 4 is 23.2 Å². The van der Waals surface area contributed by atoms with E-state index >= 15 is 0 Å². The Kier molecular flexibility index (Phi) is 9.75. The summed E-state index contributed by atoms with van der Waals surface area (Å²) in [6.45, 7) is 9.47. The fraction of sp³-hybridized carbons (Fsp3) is 0.576. The number of nitrogens with zero attached hydrogens (tertiary/aromatic N) is 3. The van der Waals surface area contributed by atoms with Gasteiger partial charge in [0.05, 0.1) is 22.8 Å². The summed E-state index contributed by atoms with van der Waals surface area (Å²) in [6, 6.07) is 13.8. The van der Waals surface area contributed by atoms with Crippen LogP contribution in [0.4, 0.5) is 5.69 Å². The zero-order valence-electron chi connectivity index (χ0n) is 24.3. The SMILES string of the molecule is Cc1c(OC2CCC(NC(=O)c3ccc(N4CCC(CN5CCC(O)CC5)C(C)C4)cc3)CC2)ccc(C#N)c1Cl. The maximum Gasteiger partial charge on any atom is 0.251 e. The number of ether oxygens (including phenoxy) is 1. The zero-order chi connectivity index (χ0) is 28.9. The average Bonchev–Trinajstić information content (AvgIpc) is 2.99. The van der Waals surface area contributed by atoms with Crippen molar-refractivity contribution in [2.45, 2.75) is 77.0 Å². The monoisotopic (exact) mass is 578 g/mol. The maximum atomic E-state index is 13.0. The van der Waals surface area contributed by atoms with Crippen LogP contribution in [0.1, 0.15) is 73.4 Å². The molecule has 2 aromatic carbocycles. The molecule has 2 atom stereocenters. The number of aliphatic hydroxyl groups is 1. The molecule has 8 heteroatoms. The number of rotatable bonds is 7. The number of benzene rings is 2. The Labute approximate surface area is 249 Å². The number of nitriles is 1. The number of amides is 1. The third-order valence-electron chi connectivity index (χ3n) is 9.39. The number of carbonyl (C=O) groups is 1. The largest absolute Gasteiger partial charge is 0.490 e. The van der Waals surface area contributed by atoms with Gasteiger partial charge in [0.25, 0.3) is 5.91 Å². The van der Waals surface area contributed by atoms with E-state index in [0.717, 1.165) is 82.6 Å². The van der Waals surface area contributed by atoms with Gasteiger partial charge in [0.1, 0.15) is 11.8 Å². The van der Waals surface area contributed by atoms with E-state index in [-0.39, 0.29) is 24.2 Å². The van der Waals surface area contributed by atoms with Gasteiger partial charge in [-0.1, -0.05) is 18.5 Å². The molecule has 2 saturated heterocycles. The number of nitrogens with one attached hydrogen (secondary N) is 1. The fourth-order valence-electron chi connectivity index (χ4n) is 6.61. The smallest absolute Gasteiger partial charge is 0.251 e. The summed E-state index contributed by atoms with van der Waals surface area (Å²) in [6.07, 6.45) is 6.37. The van der Waals surface area contributed by atoms with Gasteiger partial charge in [0.15, 0.2) is 0 Å². The van der Waals surface area contributed by atoms with E-state index in [1.165, 1.54) is 12.1 Å². The van der Waals surface area contributed by atoms with Crippen molar-refractivity contribution in [3.05, 3.63) is 58.1 Å². The van der Waals surface area contributed by atoms with Crippen LogP contribution in [-0.2, 0) is 0 Å². The van der Waals surface area contributed by atoms with Crippen LogP contribution in [-0.4, -0.2) is 66.9 Å². The molecule has 7 nitrogen and oxygen atoms in total. The van der Waals surface area contributed by atoms with Gasteiger partial charge in [-0.2, -0.15) is 5.26 Å². The molecule has 2 aromatic rings. The lowest BCUT2D eigenvalue weighted by Gasteiger charge is -2.41. The van der Waals surface area contributed by atoms with Gasteiger partial charge in [-0.15, -0.1) is 0 Å². The number of hydrogen-bond donors (Lipinski definition) is 2. The molecule has 2 N–H and O–H groups in total. The Morgan fingerprint density at radius 3 is 2.41 bits per heavy atom. The number of anilines is 1. The number of halogens is 1. The van der Waals surface area contributed by atoms with E-state index < -0.39 is 0 Å². The Morgan fingerprint density at radius 2 is 1.76 bits per heavy atom. The predicted octanol–water partition coefficient (Wildman–Crippen LogP) is 5.56. The van der Waals surface area contributed by atoms with Crippen LogP contribution >= 0.6 is 11.6 Å². The molecule has 0 radical (unpaired) electrons. The number of carbonyl (C=O) groups excluding carboxylic acids is 1. The van der Waals surface area contributed by atoms with E-state index in [9.17, 15) is 9.90 Å². The molecule has 1 amide bonds. The Morgan fingerprint density at radius 1 is 1.05 bits per heavy atom. The van der Waals surface area contributed by atoms with Crippen molar-refractivity contribution in [3.63, 3.8) is 0 Å². The van der Waals surface area contributed by atoms with Crippen LogP contribution in [0.15, 0.2) is 36.4 Å². The lowest BCUT2D eigenvalue weighted by Crippen LogP contribution is -2.46. The quantitative estimate of drug-likeness (QED) is 0.447. The van der Waals surface area contributed by atoms with E-state index in [4.69, 9.17) is 21.6 Å². The van der Waals surface area contributed by atoms with Crippen LogP contribution in [0.2, 0.25) is 5.02 Å². The van der Waals surface area contributed by atoms with Crippen LogP contribution in [0.5, 0.6) is 5.75 Å². The average molecular weight is 579 g/mol. The van der Waals surface area contributed by atoms with Crippen LogP contribution in [0.3, 0.4) is 0 Å². The first-order chi connectivity index (χ1) is 19.8. The molecule has 3 fully saturated rings. The normalized spacial score (nSPS) is 25.9. The lowest BCUT2D eigenvalue weighted by atomic mass is 9.85. The zero-order valence-corrected chi connectivity index (χ0v) is 25.1. The molecule has 0 aromatic heterocycles. The van der Waals surface area contributed by atoms with Gasteiger partial charge in [0.2, 0.25) is 0 Å². The van der Waals surface area contributed by atoms with Gasteiger partial charge in [-0.25, -0.2) is 0 Å². The molecule has 2 aliphatic heterocycles. The number of hydrogen-bond acceptors (Lipinski definition) is 6. The van der Waals surface area contributed by atoms with Gasteiger partial charge in [-0.05, 0) is 100 Å². The minimum absolute atomic E-state index is 0.0191. The Hall–Kier alpha value is -2.79. The van der Waals surface area contributed by atoms with Crippen molar-refractivity contribution in [2.75, 3.05) is 37.6 Å². The van der Waals surface area contributed by atoms with Crippen molar-refractivity contribution in [1.82, 2.24) is 10.2 Å². The van der Waals surface area contributed by atoms with Crippen molar-refractivity contribution in [1.29, 1.82) is 5.26 Å². The summed E-state index contributed by atoms with van der Waals surface area (Å²) in [5, 5.41) is 22.6. The molecule has 2 heterocycles. The highest BCUT2D eigenvalue weighted by Crippen LogP contribution is 2.32. The summed E-state index contributed by atoms with van der Waals surface area (Å²) in [7, 11) is 0. The molecular weight excluding hydrogens is 536 g/mol. The maximum absolute atomic E-state index is 13.0. The first kappa shape index (κ1) is 29.7. The highest BCUT2D eigenvalue weighted by Gasteiger charge is 2.29. The summed E-state index contributed by atoms with van der Waals surface area (Å²) in [5.74, 6) is 2.01. The molecule has 3 aliphatic rings. The first-order valence-electron chi connectivity index (χ1n) is 15.2. The second-order valence-electron chi connectivity index (χ2n) is 12.3. The number of likely N-dealkylation sites (tertiary alicyclic amines) is 1. The standard InChI is InChI=1S/C33H43ClN4O3/c1-22-20-38(18-13-26(22)21-37-16-14-29(39)15-17-37)28-8-3-24(4-9-28)33(40)36-27-6-10-30(11-7-27)41-31-12-5-25(19-35)32(34)23(31)2/h3-5,8-9,12,22,26-27,29-30,39H,6-7,10-11,13-18,20-21H2,1-2H3,(H,36,40). The van der Waals surface area contributed by atoms with Crippen LogP contribution in [0, 0.1) is 30.1 Å². The molecular formula is C33H43ClN4O3. The molecule has 2 unspecified atom stereocenters. The molecule has 0 spiro atoms. The highest BCUT2D eigenvalue weighted by molar-refractivity contribution is 6.32. The Balaban J connectivity index is 1.06. The molecule has 41 heavy (non-hydrogen) atoms. The molecule has 220 valence electrons. The van der Waals surface area contributed by atoms with E-state index in [0.29, 0.717) is 28.0 Å². The molecule has 5 rings (SSSR count). The Bertz CT molecular complexity index is 1230. The minimum Gasteiger partial charge on any atom is -0.490 e. The third-order valence-corrected chi connectivity index (χ3v) is 9.87. The highest BCUT2D eigenvalue weighted by atomic mass is 35.5.